The summed E-state index contributed by atoms with van der Waals surface area (Å²) in [6.07, 6.45) is 7.77. The molecule has 0 spiro atoms. The number of hydrogen-bond donors (Lipinski definition) is 0. The van der Waals surface area contributed by atoms with Gasteiger partial charge in [0.15, 0.2) is 0 Å². The first-order chi connectivity index (χ1) is 8.33. The van der Waals surface area contributed by atoms with Crippen molar-refractivity contribution in [2.45, 2.75) is 58.8 Å². The van der Waals surface area contributed by atoms with Crippen LogP contribution in [0.3, 0.4) is 0 Å². The summed E-state index contributed by atoms with van der Waals surface area (Å²) in [7, 11) is 0. The van der Waals surface area contributed by atoms with E-state index in [1.807, 2.05) is 0 Å². The molecule has 0 aliphatic rings. The molecule has 0 unspecified atom stereocenters. The van der Waals surface area contributed by atoms with Gasteiger partial charge in [0.25, 0.3) is 0 Å². The lowest BCUT2D eigenvalue weighted by molar-refractivity contribution is 0.753. The number of rotatable bonds is 7. The van der Waals surface area contributed by atoms with E-state index in [1.165, 1.54) is 42.4 Å². The predicted molar refractivity (Wildman–Crippen MR) is 73.0 cm³/mol. The summed E-state index contributed by atoms with van der Waals surface area (Å²) in [6.45, 7) is 4.45. The number of nitriles is 1. The van der Waals surface area contributed by atoms with Gasteiger partial charge >= 0.3 is 0 Å². The lowest BCUT2D eigenvalue weighted by atomic mass is 9.92. The lowest BCUT2D eigenvalue weighted by Crippen LogP contribution is -2.00. The van der Waals surface area contributed by atoms with Crippen LogP contribution < -0.4 is 0 Å². The second-order valence-corrected chi connectivity index (χ2v) is 4.60. The van der Waals surface area contributed by atoms with Gasteiger partial charge < -0.3 is 0 Å². The van der Waals surface area contributed by atoms with Gasteiger partial charge in [-0.2, -0.15) is 5.26 Å². The summed E-state index contributed by atoms with van der Waals surface area (Å²) in [6, 6.07) is 8.74. The van der Waals surface area contributed by atoms with E-state index in [-0.39, 0.29) is 0 Å². The van der Waals surface area contributed by atoms with Crippen LogP contribution in [0.1, 0.15) is 56.2 Å². The van der Waals surface area contributed by atoms with E-state index < -0.39 is 0 Å². The Hall–Kier alpha value is -1.29. The van der Waals surface area contributed by atoms with Gasteiger partial charge in [-0.15, -0.1) is 0 Å². The summed E-state index contributed by atoms with van der Waals surface area (Å²) in [5.41, 5.74) is 4.16. The highest BCUT2D eigenvalue weighted by atomic mass is 14.2. The number of benzene rings is 1. The third kappa shape index (κ3) is 4.23. The maximum Gasteiger partial charge on any atom is 0.0669 e. The van der Waals surface area contributed by atoms with Gasteiger partial charge in [-0.3, -0.25) is 0 Å². The summed E-state index contributed by atoms with van der Waals surface area (Å²) < 4.78 is 0. The average molecular weight is 229 g/mol. The van der Waals surface area contributed by atoms with Crippen LogP contribution in [-0.4, -0.2) is 0 Å². The summed E-state index contributed by atoms with van der Waals surface area (Å²) in [5.74, 6) is 0. The van der Waals surface area contributed by atoms with Crippen molar-refractivity contribution >= 4 is 0 Å². The monoisotopic (exact) mass is 229 g/mol. The largest absolute Gasteiger partial charge is 0.198 e. The fourth-order valence-electron chi connectivity index (χ4n) is 2.21. The molecule has 0 N–H and O–H groups in total. The van der Waals surface area contributed by atoms with Gasteiger partial charge in [0, 0.05) is 0 Å². The zero-order valence-corrected chi connectivity index (χ0v) is 11.1. The second kappa shape index (κ2) is 7.90. The number of aryl methyl sites for hydroxylation is 1. The molecular weight excluding hydrogens is 206 g/mol. The topological polar surface area (TPSA) is 23.8 Å². The maximum atomic E-state index is 8.89. The van der Waals surface area contributed by atoms with E-state index in [0.29, 0.717) is 6.42 Å². The highest BCUT2D eigenvalue weighted by Crippen LogP contribution is 2.20. The highest BCUT2D eigenvalue weighted by Gasteiger charge is 2.07. The first-order valence-electron chi connectivity index (χ1n) is 6.80. The van der Waals surface area contributed by atoms with Crippen LogP contribution in [0.25, 0.3) is 0 Å². The van der Waals surface area contributed by atoms with Crippen LogP contribution in [0, 0.1) is 11.3 Å². The van der Waals surface area contributed by atoms with Gasteiger partial charge in [-0.25, -0.2) is 0 Å². The standard InChI is InChI=1S/C16H23N/c1-3-5-8-14-9-7-10-15(12-13-17)16(14)11-6-4-2/h7,9-10H,3-6,8,11-12H2,1-2H3. The van der Waals surface area contributed by atoms with Crippen LogP contribution in [-0.2, 0) is 19.3 Å². The van der Waals surface area contributed by atoms with Crippen molar-refractivity contribution < 1.29 is 0 Å². The lowest BCUT2D eigenvalue weighted by Gasteiger charge is -2.13. The summed E-state index contributed by atoms with van der Waals surface area (Å²) >= 11 is 0. The molecule has 1 rings (SSSR count). The van der Waals surface area contributed by atoms with E-state index in [2.05, 4.69) is 38.1 Å². The van der Waals surface area contributed by atoms with Crippen molar-refractivity contribution in [3.63, 3.8) is 0 Å². The first-order valence-corrected chi connectivity index (χ1v) is 6.80. The maximum absolute atomic E-state index is 8.89. The minimum atomic E-state index is 0.555. The fraction of sp³-hybridized carbons (Fsp3) is 0.562. The molecule has 0 radical (unpaired) electrons. The van der Waals surface area contributed by atoms with Gasteiger partial charge in [-0.05, 0) is 42.4 Å². The summed E-state index contributed by atoms with van der Waals surface area (Å²) in [5, 5.41) is 8.89. The first kappa shape index (κ1) is 13.8. The van der Waals surface area contributed by atoms with Crippen LogP contribution >= 0.6 is 0 Å². The molecule has 17 heavy (non-hydrogen) atoms. The molecule has 92 valence electrons. The van der Waals surface area contributed by atoms with Crippen molar-refractivity contribution in [1.82, 2.24) is 0 Å². The molecule has 0 saturated carbocycles. The second-order valence-electron chi connectivity index (χ2n) is 4.60. The van der Waals surface area contributed by atoms with Crippen molar-refractivity contribution in [3.05, 3.63) is 34.9 Å². The minimum absolute atomic E-state index is 0.555. The Morgan fingerprint density at radius 2 is 1.65 bits per heavy atom. The summed E-state index contributed by atoms with van der Waals surface area (Å²) in [4.78, 5) is 0. The minimum Gasteiger partial charge on any atom is -0.198 e. The van der Waals surface area contributed by atoms with Crippen molar-refractivity contribution in [3.8, 4) is 6.07 Å². The molecule has 1 heteroatoms. The molecule has 0 aliphatic carbocycles. The van der Waals surface area contributed by atoms with Gasteiger partial charge in [0.2, 0.25) is 0 Å². The normalized spacial score (nSPS) is 10.2. The van der Waals surface area contributed by atoms with Crippen LogP contribution in [0.5, 0.6) is 0 Å². The Morgan fingerprint density at radius 1 is 1.00 bits per heavy atom. The third-order valence-corrected chi connectivity index (χ3v) is 3.22. The molecule has 1 aromatic rings. The Morgan fingerprint density at radius 3 is 2.29 bits per heavy atom. The molecule has 0 atom stereocenters. The SMILES string of the molecule is CCCCc1cccc(CC#N)c1CCCC. The van der Waals surface area contributed by atoms with Gasteiger partial charge in [0.1, 0.15) is 0 Å². The predicted octanol–water partition coefficient (Wildman–Crippen LogP) is 4.44. The molecule has 0 heterocycles. The van der Waals surface area contributed by atoms with E-state index in [0.717, 1.165) is 12.8 Å². The fourth-order valence-corrected chi connectivity index (χ4v) is 2.21. The van der Waals surface area contributed by atoms with E-state index in [1.54, 1.807) is 0 Å². The van der Waals surface area contributed by atoms with E-state index in [4.69, 9.17) is 5.26 Å². The molecule has 0 saturated heterocycles. The average Bonchev–Trinajstić information content (AvgIpc) is 2.35. The molecule has 0 fully saturated rings. The molecule has 1 nitrogen and oxygen atoms in total. The smallest absolute Gasteiger partial charge is 0.0669 e. The molecule has 0 amide bonds. The van der Waals surface area contributed by atoms with Crippen LogP contribution in [0.15, 0.2) is 18.2 Å². The number of nitrogens with zero attached hydrogens (tertiary/aromatic N) is 1. The zero-order valence-electron chi connectivity index (χ0n) is 11.1. The molecular formula is C16H23N. The molecule has 0 aromatic heterocycles. The van der Waals surface area contributed by atoms with Crippen molar-refractivity contribution in [1.29, 1.82) is 5.26 Å². The number of unbranched alkanes of at least 4 members (excludes halogenated alkanes) is 2. The van der Waals surface area contributed by atoms with Gasteiger partial charge in [-0.1, -0.05) is 44.9 Å². The molecule has 1 aromatic carbocycles. The van der Waals surface area contributed by atoms with E-state index in [9.17, 15) is 0 Å². The van der Waals surface area contributed by atoms with Gasteiger partial charge in [0.05, 0.1) is 12.5 Å². The Labute approximate surface area is 105 Å². The molecule has 0 bridgehead atoms. The molecule has 0 aliphatic heterocycles. The van der Waals surface area contributed by atoms with Crippen molar-refractivity contribution in [2.75, 3.05) is 0 Å². The van der Waals surface area contributed by atoms with E-state index >= 15 is 0 Å². The number of hydrogen-bond acceptors (Lipinski definition) is 1. The Balaban J connectivity index is 2.92. The highest BCUT2D eigenvalue weighted by molar-refractivity contribution is 5.37. The van der Waals surface area contributed by atoms with Crippen LogP contribution in [0.4, 0.5) is 0 Å². The Bertz CT molecular complexity index is 374. The van der Waals surface area contributed by atoms with Crippen molar-refractivity contribution in [2.24, 2.45) is 0 Å². The quantitative estimate of drug-likeness (QED) is 0.678. The van der Waals surface area contributed by atoms with Crippen LogP contribution in [0.2, 0.25) is 0 Å². The zero-order chi connectivity index (χ0) is 12.5. The Kier molecular flexibility index (Phi) is 6.40. The third-order valence-electron chi connectivity index (χ3n) is 3.22.